The number of allylic oxidation sites excluding steroid dienone is 1. The molecule has 0 bridgehead atoms. The number of aromatic nitrogens is 4. The number of nitrogens with zero attached hydrogens (tertiary/aromatic N) is 4. The Morgan fingerprint density at radius 2 is 1.28 bits per heavy atom. The van der Waals surface area contributed by atoms with Crippen LogP contribution < -0.4 is 10.6 Å². The largest absolute Gasteiger partial charge is 0.453 e. The lowest BCUT2D eigenvalue weighted by atomic mass is 9.83. The van der Waals surface area contributed by atoms with E-state index in [-0.39, 0.29) is 23.8 Å². The highest BCUT2D eigenvalue weighted by Crippen LogP contribution is 2.36. The van der Waals surface area contributed by atoms with Crippen LogP contribution in [0, 0.1) is 5.92 Å². The SMILES string of the molecule is COC(=O)NC(C(=O)N1CC=C[C@H]1c1ncc(-c2ccc(-c3ccc(-c4cnc([C@@H]5CCCN5C(=O)[C@@H](NC(=O)OC)C5CCCCC5)[nH]4)cc3)cc2)[nH]1)=C1CCCCC1. The van der Waals surface area contributed by atoms with Crippen LogP contribution in [0.3, 0.4) is 0 Å². The van der Waals surface area contributed by atoms with Crippen molar-refractivity contribution in [1.82, 2.24) is 40.4 Å². The van der Waals surface area contributed by atoms with E-state index in [4.69, 9.17) is 14.5 Å². The normalized spacial score (nSPS) is 19.9. The monoisotopic (exact) mass is 814 g/mol. The van der Waals surface area contributed by atoms with Gasteiger partial charge in [0.2, 0.25) is 5.91 Å². The first-order chi connectivity index (χ1) is 29.3. The second-order valence-corrected chi connectivity index (χ2v) is 16.2. The first kappa shape index (κ1) is 40.6. The molecule has 8 rings (SSSR count). The van der Waals surface area contributed by atoms with E-state index in [0.717, 1.165) is 122 Å². The van der Waals surface area contributed by atoms with E-state index in [0.29, 0.717) is 24.6 Å². The number of amides is 4. The van der Waals surface area contributed by atoms with Gasteiger partial charge in [0.05, 0.1) is 44.0 Å². The van der Waals surface area contributed by atoms with Crippen LogP contribution in [0.5, 0.6) is 0 Å². The summed E-state index contributed by atoms with van der Waals surface area (Å²) < 4.78 is 9.75. The smallest absolute Gasteiger partial charge is 0.411 e. The minimum atomic E-state index is -0.649. The molecule has 14 heteroatoms. The summed E-state index contributed by atoms with van der Waals surface area (Å²) >= 11 is 0. The van der Waals surface area contributed by atoms with Crippen LogP contribution >= 0.6 is 0 Å². The summed E-state index contributed by atoms with van der Waals surface area (Å²) in [6.45, 7) is 1.03. The van der Waals surface area contributed by atoms with Gasteiger partial charge in [-0.25, -0.2) is 19.6 Å². The number of alkyl carbamates (subject to hydrolysis) is 2. The lowest BCUT2D eigenvalue weighted by Crippen LogP contribution is -2.52. The van der Waals surface area contributed by atoms with Crippen LogP contribution in [0.25, 0.3) is 33.6 Å². The predicted octanol–water partition coefficient (Wildman–Crippen LogP) is 8.12. The fourth-order valence-electron chi connectivity index (χ4n) is 9.29. The van der Waals surface area contributed by atoms with Crippen molar-refractivity contribution in [2.75, 3.05) is 27.3 Å². The highest BCUT2D eigenvalue weighted by molar-refractivity contribution is 5.97. The summed E-state index contributed by atoms with van der Waals surface area (Å²) in [5.41, 5.74) is 7.05. The van der Waals surface area contributed by atoms with E-state index in [9.17, 15) is 19.2 Å². The third kappa shape index (κ3) is 8.73. The molecule has 1 saturated heterocycles. The van der Waals surface area contributed by atoms with E-state index in [1.54, 1.807) is 11.1 Å². The Hall–Kier alpha value is -6.18. The number of hydrogen-bond donors (Lipinski definition) is 4. The molecule has 4 N–H and O–H groups in total. The average molecular weight is 815 g/mol. The van der Waals surface area contributed by atoms with Gasteiger partial charge < -0.3 is 34.6 Å². The molecule has 4 aromatic rings. The first-order valence-electron chi connectivity index (χ1n) is 21.3. The molecule has 2 aromatic carbocycles. The number of methoxy groups -OCH3 is 2. The van der Waals surface area contributed by atoms with Crippen LogP contribution in [-0.4, -0.2) is 87.1 Å². The molecular formula is C46H54N8O6. The molecule has 2 saturated carbocycles. The maximum atomic E-state index is 14.0. The summed E-state index contributed by atoms with van der Waals surface area (Å²) in [5, 5.41) is 5.58. The van der Waals surface area contributed by atoms with Crippen LogP contribution in [-0.2, 0) is 19.1 Å². The fraction of sp³-hybridized carbons (Fsp3) is 0.435. The molecule has 2 aliphatic carbocycles. The van der Waals surface area contributed by atoms with Gasteiger partial charge in [0.1, 0.15) is 29.4 Å². The van der Waals surface area contributed by atoms with Gasteiger partial charge in [-0.05, 0) is 85.1 Å². The third-order valence-electron chi connectivity index (χ3n) is 12.5. The van der Waals surface area contributed by atoms with Gasteiger partial charge in [-0.3, -0.25) is 14.9 Å². The van der Waals surface area contributed by atoms with E-state index in [2.05, 4.69) is 74.1 Å². The maximum Gasteiger partial charge on any atom is 0.411 e. The molecule has 314 valence electrons. The van der Waals surface area contributed by atoms with Crippen molar-refractivity contribution < 1.29 is 28.7 Å². The van der Waals surface area contributed by atoms with Crippen molar-refractivity contribution >= 4 is 24.0 Å². The van der Waals surface area contributed by atoms with Gasteiger partial charge >= 0.3 is 12.2 Å². The van der Waals surface area contributed by atoms with Crippen molar-refractivity contribution in [3.63, 3.8) is 0 Å². The molecule has 0 spiro atoms. The number of imidazole rings is 2. The van der Waals surface area contributed by atoms with Crippen LogP contribution in [0.2, 0.25) is 0 Å². The average Bonchev–Trinajstić information content (AvgIpc) is 4.15. The van der Waals surface area contributed by atoms with E-state index >= 15 is 0 Å². The van der Waals surface area contributed by atoms with Gasteiger partial charge in [0, 0.05) is 13.1 Å². The number of carbonyl (C=O) groups is 4. The number of benzene rings is 2. The van der Waals surface area contributed by atoms with Crippen molar-refractivity contribution in [3.8, 4) is 33.6 Å². The third-order valence-corrected chi connectivity index (χ3v) is 12.5. The number of aromatic amines is 2. The van der Waals surface area contributed by atoms with Crippen molar-refractivity contribution in [3.05, 3.63) is 96.0 Å². The number of ether oxygens (including phenoxy) is 2. The van der Waals surface area contributed by atoms with Crippen molar-refractivity contribution in [2.45, 2.75) is 95.2 Å². The van der Waals surface area contributed by atoms with Crippen LogP contribution in [0.1, 0.15) is 101 Å². The summed E-state index contributed by atoms with van der Waals surface area (Å²) in [6, 6.07) is 15.4. The second kappa shape index (κ2) is 18.4. The summed E-state index contributed by atoms with van der Waals surface area (Å²) in [4.78, 5) is 72.4. The molecule has 4 amide bonds. The van der Waals surface area contributed by atoms with Gasteiger partial charge in [0.15, 0.2) is 0 Å². The molecule has 3 atom stereocenters. The molecule has 3 fully saturated rings. The number of rotatable bonds is 10. The number of hydrogen-bond acceptors (Lipinski definition) is 8. The summed E-state index contributed by atoms with van der Waals surface area (Å²) in [5.74, 6) is 1.19. The van der Waals surface area contributed by atoms with Gasteiger partial charge in [0.25, 0.3) is 5.91 Å². The Bertz CT molecular complexity index is 2230. The zero-order valence-electron chi connectivity index (χ0n) is 34.4. The number of nitrogens with one attached hydrogen (secondary N) is 4. The van der Waals surface area contributed by atoms with E-state index < -0.39 is 24.3 Å². The number of carbonyl (C=O) groups excluding carboxylic acids is 4. The first-order valence-corrected chi connectivity index (χ1v) is 21.3. The van der Waals surface area contributed by atoms with Crippen LogP contribution in [0.4, 0.5) is 9.59 Å². The Kier molecular flexibility index (Phi) is 12.4. The Morgan fingerprint density at radius 3 is 1.92 bits per heavy atom. The topological polar surface area (TPSA) is 175 Å². The van der Waals surface area contributed by atoms with Gasteiger partial charge in [-0.15, -0.1) is 0 Å². The van der Waals surface area contributed by atoms with Crippen molar-refractivity contribution in [2.24, 2.45) is 5.92 Å². The van der Waals surface area contributed by atoms with Gasteiger partial charge in [-0.2, -0.15) is 0 Å². The summed E-state index contributed by atoms with van der Waals surface area (Å²) in [6.07, 6.45) is 17.7. The Labute approximate surface area is 350 Å². The van der Waals surface area contributed by atoms with Crippen molar-refractivity contribution in [1.29, 1.82) is 0 Å². The molecular weight excluding hydrogens is 761 g/mol. The van der Waals surface area contributed by atoms with Crippen LogP contribution in [0.15, 0.2) is 84.3 Å². The lowest BCUT2D eigenvalue weighted by molar-refractivity contribution is -0.136. The number of H-pyrrole nitrogens is 2. The lowest BCUT2D eigenvalue weighted by Gasteiger charge is -2.34. The molecule has 4 heterocycles. The molecule has 0 unspecified atom stereocenters. The quantitative estimate of drug-likeness (QED) is 0.0918. The standard InChI is InChI=1S/C46H54N8O6/c1-59-45(57)51-39(33-11-5-3-6-12-33)43(55)53-25-9-15-37(53)41-47-27-35(49-41)31-21-17-29(18-22-31)30-19-23-32(24-20-30)36-28-48-42(50-36)38-16-10-26-54(38)44(56)40(52-46(58)60-2)34-13-7-4-8-14-34/h9,15,17-24,27-28,34,37-38,40H,3-8,10-14,16,25-26H2,1-2H3,(H,47,49)(H,48,50)(H,51,57)(H,52,58)/t37-,38-,40-/m0/s1. The fourth-order valence-corrected chi connectivity index (χ4v) is 9.29. The van der Waals surface area contributed by atoms with E-state index in [1.165, 1.54) is 14.2 Å². The van der Waals surface area contributed by atoms with E-state index in [1.807, 2.05) is 23.2 Å². The molecule has 0 radical (unpaired) electrons. The molecule has 14 nitrogen and oxygen atoms in total. The highest BCUT2D eigenvalue weighted by Gasteiger charge is 2.40. The zero-order chi connectivity index (χ0) is 41.6. The maximum absolute atomic E-state index is 14.0. The van der Waals surface area contributed by atoms with Gasteiger partial charge in [-0.1, -0.05) is 86.4 Å². The summed E-state index contributed by atoms with van der Waals surface area (Å²) in [7, 11) is 2.63. The molecule has 2 aliphatic heterocycles. The Balaban J connectivity index is 0.922. The molecule has 2 aromatic heterocycles. The zero-order valence-corrected chi connectivity index (χ0v) is 34.4. The second-order valence-electron chi connectivity index (χ2n) is 16.2. The minimum Gasteiger partial charge on any atom is -0.453 e. The number of likely N-dealkylation sites (tertiary alicyclic amines) is 1. The Morgan fingerprint density at radius 1 is 0.700 bits per heavy atom. The highest BCUT2D eigenvalue weighted by atomic mass is 16.5. The molecule has 60 heavy (non-hydrogen) atoms. The minimum absolute atomic E-state index is 0.0618. The predicted molar refractivity (Wildman–Crippen MR) is 226 cm³/mol. The molecule has 4 aliphatic rings.